The lowest BCUT2D eigenvalue weighted by Crippen LogP contribution is -2.13. The summed E-state index contributed by atoms with van der Waals surface area (Å²) in [5, 5.41) is 5.76. The summed E-state index contributed by atoms with van der Waals surface area (Å²) in [6, 6.07) is 22.0. The molecule has 0 aliphatic rings. The van der Waals surface area contributed by atoms with Crippen LogP contribution < -0.4 is 10.6 Å². The smallest absolute Gasteiger partial charge is 0.323 e. The lowest BCUT2D eigenvalue weighted by atomic mass is 9.93. The first-order chi connectivity index (χ1) is 19.2. The Morgan fingerprint density at radius 2 is 1.57 bits per heavy atom. The van der Waals surface area contributed by atoms with Crippen molar-refractivity contribution < 1.29 is 22.8 Å². The van der Waals surface area contributed by atoms with E-state index in [-0.39, 0.29) is 16.8 Å². The van der Waals surface area contributed by atoms with Crippen LogP contribution in [0.15, 0.2) is 110 Å². The molecule has 0 spiro atoms. The minimum absolute atomic E-state index is 0.0138. The van der Waals surface area contributed by atoms with E-state index in [0.29, 0.717) is 33.3 Å². The number of amides is 2. The van der Waals surface area contributed by atoms with Crippen LogP contribution in [0.1, 0.15) is 15.9 Å². The molecule has 4 aromatic carbocycles. The Labute approximate surface area is 227 Å². The fourth-order valence-corrected chi connectivity index (χ4v) is 4.34. The van der Waals surface area contributed by atoms with Gasteiger partial charge in [0.15, 0.2) is 0 Å². The fraction of sp³-hybridized carbons (Fsp3) is 0.0323. The molecule has 9 heteroatoms. The first-order valence-electron chi connectivity index (χ1n) is 12.1. The van der Waals surface area contributed by atoms with Crippen molar-refractivity contribution in [2.75, 3.05) is 10.6 Å². The van der Waals surface area contributed by atoms with Crippen molar-refractivity contribution in [3.8, 4) is 22.3 Å². The number of carbonyl (C=O) groups is 2. The van der Waals surface area contributed by atoms with E-state index in [1.807, 2.05) is 0 Å². The number of alkyl halides is 3. The third-order valence-corrected chi connectivity index (χ3v) is 6.16. The summed E-state index contributed by atoms with van der Waals surface area (Å²) in [5.41, 5.74) is 1.85. The third kappa shape index (κ3) is 5.58. The number of halogens is 3. The molecule has 0 saturated heterocycles. The number of aromatic nitrogens is 2. The predicted octanol–water partition coefficient (Wildman–Crippen LogP) is 7.36. The highest BCUT2D eigenvalue weighted by Crippen LogP contribution is 2.41. The Hall–Kier alpha value is -5.31. The number of rotatable bonds is 6. The zero-order valence-corrected chi connectivity index (χ0v) is 20.9. The number of nitrogens with one attached hydrogen (secondary N) is 2. The summed E-state index contributed by atoms with van der Waals surface area (Å²) < 4.78 is 43.0. The molecule has 0 atom stereocenters. The Morgan fingerprint density at radius 1 is 0.800 bits per heavy atom. The van der Waals surface area contributed by atoms with Crippen LogP contribution in [0, 0.1) is 0 Å². The quantitative estimate of drug-likeness (QED) is 0.221. The molecule has 0 aliphatic carbocycles. The molecule has 5 aromatic rings. The maximum atomic E-state index is 14.3. The van der Waals surface area contributed by atoms with Gasteiger partial charge in [-0.25, -0.2) is 9.97 Å². The summed E-state index contributed by atoms with van der Waals surface area (Å²) in [6.07, 6.45) is -0.679. The maximum absolute atomic E-state index is 14.3. The van der Waals surface area contributed by atoms with Crippen LogP contribution in [-0.2, 0) is 11.0 Å². The van der Waals surface area contributed by atoms with Gasteiger partial charge in [-0.15, -0.1) is 0 Å². The van der Waals surface area contributed by atoms with Crippen LogP contribution in [0.2, 0.25) is 0 Å². The van der Waals surface area contributed by atoms with Crippen LogP contribution in [0.3, 0.4) is 0 Å². The highest BCUT2D eigenvalue weighted by atomic mass is 19.4. The van der Waals surface area contributed by atoms with E-state index < -0.39 is 23.6 Å². The molecule has 1 heterocycles. The molecule has 0 unspecified atom stereocenters. The van der Waals surface area contributed by atoms with Crippen LogP contribution in [0.25, 0.3) is 33.2 Å². The number of hydrogen-bond donors (Lipinski definition) is 2. The second-order valence-corrected chi connectivity index (χ2v) is 8.84. The lowest BCUT2D eigenvalue weighted by Gasteiger charge is -2.17. The maximum Gasteiger partial charge on any atom is 0.417 e. The number of nitrogens with zero attached hydrogens (tertiary/aromatic N) is 2. The van der Waals surface area contributed by atoms with Gasteiger partial charge < -0.3 is 10.6 Å². The second kappa shape index (κ2) is 10.8. The number of fused-ring (bicyclic) bond motifs is 1. The number of hydrogen-bond acceptors (Lipinski definition) is 4. The van der Waals surface area contributed by atoms with Crippen LogP contribution in [0.5, 0.6) is 0 Å². The first kappa shape index (κ1) is 26.3. The van der Waals surface area contributed by atoms with Gasteiger partial charge in [0.05, 0.1) is 11.1 Å². The van der Waals surface area contributed by atoms with Crippen molar-refractivity contribution in [1.82, 2.24) is 9.97 Å². The SMILES string of the molecule is C=CC(=O)Nc1cccc(-c2cc(-c3ccc(NC(=O)c4ccccc4)cc3C(F)(F)F)cc3cncnc23)c1. The van der Waals surface area contributed by atoms with Crippen molar-refractivity contribution in [1.29, 1.82) is 0 Å². The summed E-state index contributed by atoms with van der Waals surface area (Å²) in [4.78, 5) is 32.8. The molecule has 6 nitrogen and oxygen atoms in total. The summed E-state index contributed by atoms with van der Waals surface area (Å²) in [5.74, 6) is -0.914. The summed E-state index contributed by atoms with van der Waals surface area (Å²) in [6.45, 7) is 3.44. The molecule has 1 aromatic heterocycles. The minimum Gasteiger partial charge on any atom is -0.323 e. The number of anilines is 2. The van der Waals surface area contributed by atoms with E-state index in [2.05, 4.69) is 27.2 Å². The van der Waals surface area contributed by atoms with Gasteiger partial charge in [0.1, 0.15) is 6.33 Å². The molecular weight excluding hydrogens is 517 g/mol. The van der Waals surface area contributed by atoms with E-state index >= 15 is 0 Å². The normalized spacial score (nSPS) is 11.2. The van der Waals surface area contributed by atoms with Gasteiger partial charge in [0, 0.05) is 34.1 Å². The topological polar surface area (TPSA) is 84.0 Å². The standard InChI is InChI=1S/C31H21F3N4O2/c1-2-28(39)37-23-10-6-9-20(14-23)26-15-21(13-22-17-35-18-36-29(22)26)25-12-11-24(16-27(25)31(32,33)34)38-30(40)19-7-4-3-5-8-19/h2-18H,1H2,(H,37,39)(H,38,40). The highest BCUT2D eigenvalue weighted by Gasteiger charge is 2.34. The zero-order valence-electron chi connectivity index (χ0n) is 20.9. The molecule has 0 fully saturated rings. The van der Waals surface area contributed by atoms with E-state index in [4.69, 9.17) is 0 Å². The third-order valence-electron chi connectivity index (χ3n) is 6.16. The van der Waals surface area contributed by atoms with E-state index in [0.717, 1.165) is 12.1 Å². The zero-order chi connectivity index (χ0) is 28.3. The monoisotopic (exact) mass is 538 g/mol. The van der Waals surface area contributed by atoms with Crippen LogP contribution in [-0.4, -0.2) is 21.8 Å². The molecule has 5 rings (SSSR count). The Kier molecular flexibility index (Phi) is 7.11. The fourth-order valence-electron chi connectivity index (χ4n) is 4.34. The van der Waals surface area contributed by atoms with E-state index in [9.17, 15) is 22.8 Å². The molecule has 2 N–H and O–H groups in total. The minimum atomic E-state index is -4.71. The van der Waals surface area contributed by atoms with Gasteiger partial charge in [0.25, 0.3) is 5.91 Å². The van der Waals surface area contributed by atoms with Crippen molar-refractivity contribution in [3.63, 3.8) is 0 Å². The average molecular weight is 539 g/mol. The van der Waals surface area contributed by atoms with Crippen LogP contribution in [0.4, 0.5) is 24.5 Å². The van der Waals surface area contributed by atoms with Gasteiger partial charge in [0.2, 0.25) is 5.91 Å². The molecule has 0 bridgehead atoms. The van der Waals surface area contributed by atoms with Crippen molar-refractivity contribution >= 4 is 34.1 Å². The molecule has 0 saturated carbocycles. The molecule has 0 radical (unpaired) electrons. The number of benzene rings is 4. The molecular formula is C31H21F3N4O2. The van der Waals surface area contributed by atoms with Gasteiger partial charge in [-0.1, -0.05) is 43.0 Å². The Morgan fingerprint density at radius 3 is 2.33 bits per heavy atom. The highest BCUT2D eigenvalue weighted by molar-refractivity contribution is 6.05. The predicted molar refractivity (Wildman–Crippen MR) is 149 cm³/mol. The van der Waals surface area contributed by atoms with Gasteiger partial charge >= 0.3 is 6.18 Å². The number of carbonyl (C=O) groups excluding carboxylic acids is 2. The molecule has 198 valence electrons. The summed E-state index contributed by atoms with van der Waals surface area (Å²) in [7, 11) is 0. The van der Waals surface area contributed by atoms with Crippen molar-refractivity contribution in [2.24, 2.45) is 0 Å². The summed E-state index contributed by atoms with van der Waals surface area (Å²) >= 11 is 0. The van der Waals surface area contributed by atoms with E-state index in [1.165, 1.54) is 24.7 Å². The Bertz CT molecular complexity index is 1750. The Balaban J connectivity index is 1.61. The average Bonchev–Trinajstić information content (AvgIpc) is 2.96. The van der Waals surface area contributed by atoms with Gasteiger partial charge in [-0.3, -0.25) is 9.59 Å². The first-order valence-corrected chi connectivity index (χ1v) is 12.1. The van der Waals surface area contributed by atoms with E-state index in [1.54, 1.807) is 66.7 Å². The largest absolute Gasteiger partial charge is 0.417 e. The van der Waals surface area contributed by atoms with Gasteiger partial charge in [-0.05, 0) is 71.3 Å². The van der Waals surface area contributed by atoms with Crippen molar-refractivity contribution in [2.45, 2.75) is 6.18 Å². The van der Waals surface area contributed by atoms with Gasteiger partial charge in [-0.2, -0.15) is 13.2 Å². The van der Waals surface area contributed by atoms with Crippen LogP contribution >= 0.6 is 0 Å². The molecule has 40 heavy (non-hydrogen) atoms. The lowest BCUT2D eigenvalue weighted by molar-refractivity contribution is -0.137. The van der Waals surface area contributed by atoms with Crippen molar-refractivity contribution in [3.05, 3.63) is 121 Å². The molecule has 0 aliphatic heterocycles. The molecule has 2 amide bonds. The second-order valence-electron chi connectivity index (χ2n) is 8.84.